The number of halogens is 4. The standard InChI is InChI=1S/C24H23ClF3N3O5/c1-23(2,19(32)36-3)14-31-21(34)29(12-15-4-8-17(9-5-15)24(26,27)28)20(33)30(22(31)35)13-16-6-10-18(25)11-7-16/h4-11H,12-14H2,1-3H3. The summed E-state index contributed by atoms with van der Waals surface area (Å²) in [5.41, 5.74) is -4.31. The number of nitrogens with zero attached hydrogens (tertiary/aromatic N) is 3. The Morgan fingerprint density at radius 2 is 1.22 bits per heavy atom. The van der Waals surface area contributed by atoms with Gasteiger partial charge in [0.25, 0.3) is 0 Å². The molecule has 12 heteroatoms. The monoisotopic (exact) mass is 525 g/mol. The second kappa shape index (κ2) is 10.2. The molecule has 1 aromatic heterocycles. The van der Waals surface area contributed by atoms with E-state index in [1.54, 1.807) is 24.3 Å². The zero-order valence-electron chi connectivity index (χ0n) is 19.6. The fourth-order valence-corrected chi connectivity index (χ4v) is 3.70. The molecule has 0 aliphatic heterocycles. The molecule has 0 bridgehead atoms. The van der Waals surface area contributed by atoms with Crippen molar-refractivity contribution in [2.24, 2.45) is 5.41 Å². The van der Waals surface area contributed by atoms with Crippen molar-refractivity contribution in [2.45, 2.75) is 39.7 Å². The number of alkyl halides is 3. The molecule has 0 spiro atoms. The number of rotatable bonds is 7. The second-order valence-electron chi connectivity index (χ2n) is 8.80. The lowest BCUT2D eigenvalue weighted by Crippen LogP contribution is -2.56. The number of esters is 1. The number of hydrogen-bond acceptors (Lipinski definition) is 5. The Morgan fingerprint density at radius 1 is 0.806 bits per heavy atom. The van der Waals surface area contributed by atoms with Gasteiger partial charge < -0.3 is 4.74 Å². The first-order chi connectivity index (χ1) is 16.7. The minimum absolute atomic E-state index is 0.208. The fourth-order valence-electron chi connectivity index (χ4n) is 3.58. The molecule has 0 atom stereocenters. The summed E-state index contributed by atoms with van der Waals surface area (Å²) < 4.78 is 45.8. The number of carbonyl (C=O) groups is 1. The van der Waals surface area contributed by atoms with Crippen LogP contribution in [0.4, 0.5) is 13.2 Å². The fraction of sp³-hybridized carbons (Fsp3) is 0.333. The first kappa shape index (κ1) is 27.0. The maximum atomic E-state index is 13.2. The molecule has 0 radical (unpaired) electrons. The van der Waals surface area contributed by atoms with E-state index in [1.807, 2.05) is 0 Å². The number of benzene rings is 2. The Hall–Kier alpha value is -3.60. The number of ether oxygens (including phenoxy) is 1. The number of methoxy groups -OCH3 is 1. The van der Waals surface area contributed by atoms with Gasteiger partial charge in [0, 0.05) is 11.6 Å². The molecule has 3 aromatic rings. The largest absolute Gasteiger partial charge is 0.469 e. The molecule has 36 heavy (non-hydrogen) atoms. The van der Waals surface area contributed by atoms with Crippen molar-refractivity contribution in [1.29, 1.82) is 0 Å². The first-order valence-corrected chi connectivity index (χ1v) is 11.1. The van der Waals surface area contributed by atoms with Gasteiger partial charge in [-0.15, -0.1) is 0 Å². The van der Waals surface area contributed by atoms with Gasteiger partial charge in [-0.25, -0.2) is 28.1 Å². The van der Waals surface area contributed by atoms with Crippen LogP contribution in [0.5, 0.6) is 0 Å². The molecule has 0 saturated heterocycles. The van der Waals surface area contributed by atoms with E-state index in [2.05, 4.69) is 0 Å². The van der Waals surface area contributed by atoms with Crippen LogP contribution in [0.2, 0.25) is 5.02 Å². The van der Waals surface area contributed by atoms with Crippen molar-refractivity contribution in [3.8, 4) is 0 Å². The Kier molecular flexibility index (Phi) is 7.63. The van der Waals surface area contributed by atoms with E-state index < -0.39 is 53.3 Å². The smallest absolute Gasteiger partial charge is 0.416 e. The summed E-state index contributed by atoms with van der Waals surface area (Å²) in [7, 11) is 1.16. The van der Waals surface area contributed by atoms with Crippen LogP contribution in [0.3, 0.4) is 0 Å². The molecule has 0 unspecified atom stereocenters. The predicted molar refractivity (Wildman–Crippen MR) is 126 cm³/mol. The summed E-state index contributed by atoms with van der Waals surface area (Å²) in [6, 6.07) is 10.3. The Morgan fingerprint density at radius 3 is 1.64 bits per heavy atom. The van der Waals surface area contributed by atoms with Gasteiger partial charge in [-0.05, 0) is 49.2 Å². The average Bonchev–Trinajstić information content (AvgIpc) is 2.82. The van der Waals surface area contributed by atoms with Gasteiger partial charge in [0.05, 0.1) is 31.2 Å². The highest BCUT2D eigenvalue weighted by Gasteiger charge is 2.32. The Balaban J connectivity index is 2.16. The maximum absolute atomic E-state index is 13.2. The lowest BCUT2D eigenvalue weighted by molar-refractivity contribution is -0.151. The van der Waals surface area contributed by atoms with Gasteiger partial charge in [0.1, 0.15) is 0 Å². The zero-order valence-corrected chi connectivity index (χ0v) is 20.4. The highest BCUT2D eigenvalue weighted by Crippen LogP contribution is 2.29. The maximum Gasteiger partial charge on any atom is 0.416 e. The Labute approximate surface area is 208 Å². The van der Waals surface area contributed by atoms with E-state index in [9.17, 15) is 32.3 Å². The average molecular weight is 526 g/mol. The van der Waals surface area contributed by atoms with E-state index in [0.717, 1.165) is 45.1 Å². The van der Waals surface area contributed by atoms with Crippen LogP contribution in [0.1, 0.15) is 30.5 Å². The van der Waals surface area contributed by atoms with Crippen LogP contribution in [0, 0.1) is 5.41 Å². The summed E-state index contributed by atoms with van der Waals surface area (Å²) >= 11 is 5.90. The number of carbonyl (C=O) groups excluding carboxylic acids is 1. The number of hydrogen-bond donors (Lipinski definition) is 0. The molecule has 0 amide bonds. The van der Waals surface area contributed by atoms with Gasteiger partial charge in [-0.3, -0.25) is 4.79 Å². The quantitative estimate of drug-likeness (QED) is 0.442. The SMILES string of the molecule is COC(=O)C(C)(C)Cn1c(=O)n(Cc2ccc(Cl)cc2)c(=O)n(Cc2ccc(C(F)(F)F)cc2)c1=O. The minimum atomic E-state index is -4.55. The number of aromatic nitrogens is 3. The van der Waals surface area contributed by atoms with Crippen LogP contribution in [0.15, 0.2) is 62.9 Å². The molecular formula is C24H23ClF3N3O5. The summed E-state index contributed by atoms with van der Waals surface area (Å²) in [5, 5.41) is 0.440. The predicted octanol–water partition coefficient (Wildman–Crippen LogP) is 3.14. The van der Waals surface area contributed by atoms with E-state index in [-0.39, 0.29) is 12.1 Å². The topological polar surface area (TPSA) is 92.3 Å². The molecule has 0 N–H and O–H groups in total. The summed E-state index contributed by atoms with van der Waals surface area (Å²) in [5.74, 6) is -0.682. The third kappa shape index (κ3) is 5.78. The molecule has 1 heterocycles. The van der Waals surface area contributed by atoms with Crippen molar-refractivity contribution in [3.05, 3.63) is 102 Å². The summed E-state index contributed by atoms with van der Waals surface area (Å²) in [6.45, 7) is 1.94. The first-order valence-electron chi connectivity index (χ1n) is 10.7. The minimum Gasteiger partial charge on any atom is -0.469 e. The van der Waals surface area contributed by atoms with Crippen molar-refractivity contribution >= 4 is 17.6 Å². The molecule has 2 aromatic carbocycles. The highest BCUT2D eigenvalue weighted by atomic mass is 35.5. The zero-order chi connectivity index (χ0) is 26.8. The molecule has 8 nitrogen and oxygen atoms in total. The van der Waals surface area contributed by atoms with E-state index >= 15 is 0 Å². The third-order valence-corrected chi connectivity index (χ3v) is 5.80. The molecule has 0 aliphatic carbocycles. The van der Waals surface area contributed by atoms with Gasteiger partial charge >= 0.3 is 29.2 Å². The van der Waals surface area contributed by atoms with E-state index in [1.165, 1.54) is 13.8 Å². The lowest BCUT2D eigenvalue weighted by atomic mass is 9.94. The van der Waals surface area contributed by atoms with Crippen molar-refractivity contribution < 1.29 is 22.7 Å². The van der Waals surface area contributed by atoms with Gasteiger partial charge in [-0.2, -0.15) is 13.2 Å². The summed E-state index contributed by atoms with van der Waals surface area (Å²) in [6.07, 6.45) is -4.55. The third-order valence-electron chi connectivity index (χ3n) is 5.55. The van der Waals surface area contributed by atoms with Crippen molar-refractivity contribution in [2.75, 3.05) is 7.11 Å². The van der Waals surface area contributed by atoms with Crippen LogP contribution in [-0.4, -0.2) is 26.8 Å². The van der Waals surface area contributed by atoms with Crippen molar-refractivity contribution in [3.63, 3.8) is 0 Å². The van der Waals surface area contributed by atoms with Crippen LogP contribution >= 0.6 is 11.6 Å². The van der Waals surface area contributed by atoms with Crippen LogP contribution < -0.4 is 17.1 Å². The lowest BCUT2D eigenvalue weighted by Gasteiger charge is -2.23. The summed E-state index contributed by atoms with van der Waals surface area (Å²) in [4.78, 5) is 51.9. The molecule has 0 aliphatic rings. The van der Waals surface area contributed by atoms with Gasteiger partial charge in [-0.1, -0.05) is 35.9 Å². The Bertz CT molecular complexity index is 1440. The molecule has 0 saturated carbocycles. The van der Waals surface area contributed by atoms with Crippen LogP contribution in [-0.2, 0) is 35.3 Å². The highest BCUT2D eigenvalue weighted by molar-refractivity contribution is 6.30. The van der Waals surface area contributed by atoms with Gasteiger partial charge in [0.2, 0.25) is 0 Å². The van der Waals surface area contributed by atoms with Crippen LogP contribution in [0.25, 0.3) is 0 Å². The molecule has 0 fully saturated rings. The normalized spacial score (nSPS) is 12.0. The molecular weight excluding hydrogens is 503 g/mol. The molecule has 3 rings (SSSR count). The molecule has 192 valence electrons. The van der Waals surface area contributed by atoms with E-state index in [0.29, 0.717) is 10.6 Å². The van der Waals surface area contributed by atoms with Crippen molar-refractivity contribution in [1.82, 2.24) is 13.7 Å². The van der Waals surface area contributed by atoms with E-state index in [4.69, 9.17) is 16.3 Å². The second-order valence-corrected chi connectivity index (χ2v) is 9.24. The van der Waals surface area contributed by atoms with Gasteiger partial charge in [0.15, 0.2) is 0 Å².